The number of nitrogens with one attached hydrogen (secondary N) is 1. The van der Waals surface area contributed by atoms with Crippen molar-refractivity contribution in [2.24, 2.45) is 0 Å². The van der Waals surface area contributed by atoms with Crippen molar-refractivity contribution >= 4 is 31.6 Å². The topological polar surface area (TPSA) is 49.4 Å². The summed E-state index contributed by atoms with van der Waals surface area (Å²) in [7, 11) is -3.58. The van der Waals surface area contributed by atoms with Crippen LogP contribution in [0.1, 0.15) is 5.56 Å². The Morgan fingerprint density at radius 1 is 1.05 bits per heavy atom. The predicted molar refractivity (Wildman–Crippen MR) is 86.8 cm³/mol. The number of hydrogen-bond donors (Lipinski definition) is 1. The van der Waals surface area contributed by atoms with Gasteiger partial charge in [-0.3, -0.25) is 4.31 Å². The molecular weight excluding hydrogens is 352 g/mol. The van der Waals surface area contributed by atoms with Crippen molar-refractivity contribution in [1.82, 2.24) is 5.32 Å². The van der Waals surface area contributed by atoms with Crippen LogP contribution in [-0.4, -0.2) is 21.5 Å². The number of benzene rings is 2. The van der Waals surface area contributed by atoms with Gasteiger partial charge in [-0.2, -0.15) is 0 Å². The molecule has 110 valence electrons. The average Bonchev–Trinajstić information content (AvgIpc) is 2.70. The van der Waals surface area contributed by atoms with Crippen LogP contribution in [0.25, 0.3) is 0 Å². The Morgan fingerprint density at radius 2 is 1.76 bits per heavy atom. The molecule has 1 N–H and O–H groups in total. The smallest absolute Gasteiger partial charge is 0.265 e. The maximum atomic E-state index is 13.0. The molecule has 1 aliphatic rings. The fourth-order valence-electron chi connectivity index (χ4n) is 2.45. The second-order valence-electron chi connectivity index (χ2n) is 4.81. The standard InChI is InChI=1S/C15H15BrN2O2S/c16-13-6-2-4-8-15(13)21(19,20)18-10-9-17-11-12-5-1-3-7-14(12)18/h1-8,17H,9-11H2. The third-order valence-corrected chi connectivity index (χ3v) is 6.30. The minimum Gasteiger partial charge on any atom is -0.311 e. The highest BCUT2D eigenvalue weighted by Crippen LogP contribution is 2.31. The summed E-state index contributed by atoms with van der Waals surface area (Å²) in [4.78, 5) is 0.293. The van der Waals surface area contributed by atoms with Gasteiger partial charge >= 0.3 is 0 Å². The molecule has 0 aromatic heterocycles. The van der Waals surface area contributed by atoms with Crippen molar-refractivity contribution in [3.63, 3.8) is 0 Å². The molecule has 0 radical (unpaired) electrons. The van der Waals surface area contributed by atoms with E-state index in [1.807, 2.05) is 24.3 Å². The van der Waals surface area contributed by atoms with Gasteiger partial charge in [-0.25, -0.2) is 8.42 Å². The molecule has 0 unspecified atom stereocenters. The van der Waals surface area contributed by atoms with E-state index in [1.165, 1.54) is 4.31 Å². The number of sulfonamides is 1. The van der Waals surface area contributed by atoms with Gasteiger partial charge in [0.15, 0.2) is 0 Å². The lowest BCUT2D eigenvalue weighted by Crippen LogP contribution is -2.34. The van der Waals surface area contributed by atoms with E-state index in [1.54, 1.807) is 24.3 Å². The highest BCUT2D eigenvalue weighted by Gasteiger charge is 2.29. The lowest BCUT2D eigenvalue weighted by atomic mass is 10.2. The Bertz CT molecular complexity index is 762. The number of anilines is 1. The number of rotatable bonds is 2. The van der Waals surface area contributed by atoms with E-state index in [-0.39, 0.29) is 0 Å². The van der Waals surface area contributed by atoms with E-state index in [0.717, 1.165) is 11.3 Å². The summed E-state index contributed by atoms with van der Waals surface area (Å²) >= 11 is 3.34. The third-order valence-electron chi connectivity index (χ3n) is 3.47. The lowest BCUT2D eigenvalue weighted by molar-refractivity contribution is 0.589. The molecule has 3 rings (SSSR count). The number of halogens is 1. The van der Waals surface area contributed by atoms with Crippen LogP contribution in [0.4, 0.5) is 5.69 Å². The van der Waals surface area contributed by atoms with Gasteiger partial charge < -0.3 is 5.32 Å². The van der Waals surface area contributed by atoms with Crippen molar-refractivity contribution < 1.29 is 8.42 Å². The summed E-state index contributed by atoms with van der Waals surface area (Å²) in [6.45, 7) is 1.72. The van der Waals surface area contributed by atoms with Crippen LogP contribution in [0.5, 0.6) is 0 Å². The summed E-state index contributed by atoms with van der Waals surface area (Å²) < 4.78 is 28.1. The normalized spacial score (nSPS) is 15.4. The Balaban J connectivity index is 2.13. The lowest BCUT2D eigenvalue weighted by Gasteiger charge is -2.24. The molecule has 0 saturated heterocycles. The quantitative estimate of drug-likeness (QED) is 0.888. The molecule has 2 aromatic rings. The van der Waals surface area contributed by atoms with Crippen LogP contribution in [-0.2, 0) is 16.6 Å². The first-order chi connectivity index (χ1) is 10.1. The van der Waals surface area contributed by atoms with Gasteiger partial charge in [0.1, 0.15) is 4.90 Å². The fraction of sp³-hybridized carbons (Fsp3) is 0.200. The molecule has 4 nitrogen and oxygen atoms in total. The van der Waals surface area contributed by atoms with Gasteiger partial charge in [0.25, 0.3) is 10.0 Å². The molecule has 0 bridgehead atoms. The largest absolute Gasteiger partial charge is 0.311 e. The van der Waals surface area contributed by atoms with Crippen LogP contribution >= 0.6 is 15.9 Å². The SMILES string of the molecule is O=S(=O)(c1ccccc1Br)N1CCNCc2ccccc21. The number of fused-ring (bicyclic) bond motifs is 1. The molecular formula is C15H15BrN2O2S. The maximum absolute atomic E-state index is 13.0. The monoisotopic (exact) mass is 366 g/mol. The number of nitrogens with zero attached hydrogens (tertiary/aromatic N) is 1. The van der Waals surface area contributed by atoms with Gasteiger partial charge in [0.2, 0.25) is 0 Å². The van der Waals surface area contributed by atoms with Crippen molar-refractivity contribution in [1.29, 1.82) is 0 Å². The minimum absolute atomic E-state index is 0.293. The van der Waals surface area contributed by atoms with E-state index in [2.05, 4.69) is 21.2 Å². The molecule has 0 spiro atoms. The molecule has 0 atom stereocenters. The van der Waals surface area contributed by atoms with Crippen LogP contribution in [0.2, 0.25) is 0 Å². The second kappa shape index (κ2) is 5.79. The summed E-state index contributed by atoms with van der Waals surface area (Å²) in [5.41, 5.74) is 1.74. The van der Waals surface area contributed by atoms with Crippen molar-refractivity contribution in [2.75, 3.05) is 17.4 Å². The number of hydrogen-bond acceptors (Lipinski definition) is 3. The first kappa shape index (κ1) is 14.6. The molecule has 0 fully saturated rings. The zero-order chi connectivity index (χ0) is 14.9. The fourth-order valence-corrected chi connectivity index (χ4v) is 4.92. The Morgan fingerprint density at radius 3 is 2.57 bits per heavy atom. The van der Waals surface area contributed by atoms with Crippen LogP contribution in [0.3, 0.4) is 0 Å². The molecule has 1 heterocycles. The summed E-state index contributed by atoms with van der Waals surface area (Å²) in [6.07, 6.45) is 0. The van der Waals surface area contributed by atoms with Crippen LogP contribution < -0.4 is 9.62 Å². The molecule has 0 aliphatic carbocycles. The molecule has 2 aromatic carbocycles. The first-order valence-electron chi connectivity index (χ1n) is 6.66. The maximum Gasteiger partial charge on any atom is 0.265 e. The number of para-hydroxylation sites is 1. The minimum atomic E-state index is -3.58. The van der Waals surface area contributed by atoms with E-state index < -0.39 is 10.0 Å². The average molecular weight is 367 g/mol. The van der Waals surface area contributed by atoms with Crippen LogP contribution in [0, 0.1) is 0 Å². The van der Waals surface area contributed by atoms with Gasteiger partial charge in [-0.05, 0) is 39.7 Å². The molecule has 1 aliphatic heterocycles. The zero-order valence-corrected chi connectivity index (χ0v) is 13.7. The summed E-state index contributed by atoms with van der Waals surface area (Å²) in [6, 6.07) is 14.5. The van der Waals surface area contributed by atoms with E-state index in [0.29, 0.717) is 29.0 Å². The second-order valence-corrected chi connectivity index (χ2v) is 7.50. The van der Waals surface area contributed by atoms with Gasteiger partial charge in [0, 0.05) is 24.1 Å². The van der Waals surface area contributed by atoms with E-state index >= 15 is 0 Å². The van der Waals surface area contributed by atoms with Gasteiger partial charge in [-0.15, -0.1) is 0 Å². The Hall–Kier alpha value is -1.37. The van der Waals surface area contributed by atoms with E-state index in [4.69, 9.17) is 0 Å². The third kappa shape index (κ3) is 2.71. The summed E-state index contributed by atoms with van der Waals surface area (Å²) in [5, 5.41) is 3.25. The van der Waals surface area contributed by atoms with Crippen LogP contribution in [0.15, 0.2) is 57.9 Å². The Kier molecular flexibility index (Phi) is 4.01. The molecule has 21 heavy (non-hydrogen) atoms. The highest BCUT2D eigenvalue weighted by atomic mass is 79.9. The van der Waals surface area contributed by atoms with Crippen molar-refractivity contribution in [3.8, 4) is 0 Å². The first-order valence-corrected chi connectivity index (χ1v) is 8.90. The van der Waals surface area contributed by atoms with Gasteiger partial charge in [0.05, 0.1) is 5.69 Å². The van der Waals surface area contributed by atoms with Gasteiger partial charge in [-0.1, -0.05) is 30.3 Å². The summed E-state index contributed by atoms with van der Waals surface area (Å²) in [5.74, 6) is 0. The predicted octanol–water partition coefficient (Wildman–Crippen LogP) is 2.75. The molecule has 0 amide bonds. The molecule has 6 heteroatoms. The van der Waals surface area contributed by atoms with E-state index in [9.17, 15) is 8.42 Å². The van der Waals surface area contributed by atoms with Crippen molar-refractivity contribution in [2.45, 2.75) is 11.4 Å². The highest BCUT2D eigenvalue weighted by molar-refractivity contribution is 9.10. The molecule has 0 saturated carbocycles. The Labute approximate surface area is 133 Å². The zero-order valence-electron chi connectivity index (χ0n) is 11.3. The van der Waals surface area contributed by atoms with Crippen molar-refractivity contribution in [3.05, 3.63) is 58.6 Å².